The summed E-state index contributed by atoms with van der Waals surface area (Å²) in [6, 6.07) is 68.6. The van der Waals surface area contributed by atoms with Crippen LogP contribution >= 0.6 is 11.8 Å². The second kappa shape index (κ2) is 12.0. The molecule has 1 unspecified atom stereocenters. The lowest BCUT2D eigenvalue weighted by Crippen LogP contribution is -2.00. The minimum Gasteiger partial charge on any atom is -0.368 e. The van der Waals surface area contributed by atoms with Crippen molar-refractivity contribution in [2.75, 3.05) is 5.32 Å². The number of fused-ring (bicyclic) bond motifs is 7. The number of hydrogen-bond donors (Lipinski definition) is 1. The molecule has 0 bridgehead atoms. The highest BCUT2D eigenvalue weighted by molar-refractivity contribution is 8.00. The summed E-state index contributed by atoms with van der Waals surface area (Å²) in [7, 11) is 0. The molecule has 0 radical (unpaired) electrons. The Kier molecular flexibility index (Phi) is 6.86. The normalized spacial score (nSPS) is 13.9. The van der Waals surface area contributed by atoms with Crippen LogP contribution in [0.15, 0.2) is 193 Å². The Balaban J connectivity index is 1.08. The highest BCUT2D eigenvalue weighted by Crippen LogP contribution is 2.48. The zero-order chi connectivity index (χ0) is 34.9. The Labute approximate surface area is 311 Å². The van der Waals surface area contributed by atoms with Crippen LogP contribution < -0.4 is 5.32 Å². The molecule has 1 aliphatic rings. The van der Waals surface area contributed by atoms with Gasteiger partial charge in [0.2, 0.25) is 0 Å². The number of para-hydroxylation sites is 2. The summed E-state index contributed by atoms with van der Waals surface area (Å²) >= 11 is 1.88. The van der Waals surface area contributed by atoms with Crippen molar-refractivity contribution < 1.29 is 0 Å². The fourth-order valence-electron chi connectivity index (χ4n) is 8.27. The topological polar surface area (TPSA) is 21.9 Å². The van der Waals surface area contributed by atoms with E-state index in [0.29, 0.717) is 0 Å². The van der Waals surface area contributed by atoms with Crippen LogP contribution in [0.2, 0.25) is 0 Å². The third-order valence-corrected chi connectivity index (χ3v) is 12.0. The van der Waals surface area contributed by atoms with Crippen LogP contribution in [0.4, 0.5) is 5.69 Å². The molecular weight excluding hydrogens is 663 g/mol. The lowest BCUT2D eigenvalue weighted by molar-refractivity contribution is 1.13. The second-order valence-electron chi connectivity index (χ2n) is 13.8. The third-order valence-electron chi connectivity index (χ3n) is 10.7. The number of rotatable bonds is 5. The number of aromatic nitrogens is 2. The van der Waals surface area contributed by atoms with Crippen LogP contribution in [0.5, 0.6) is 0 Å². The Hall–Kier alpha value is -6.49. The van der Waals surface area contributed by atoms with E-state index in [1.165, 1.54) is 82.0 Å². The summed E-state index contributed by atoms with van der Waals surface area (Å²) in [5, 5.41) is 9.01. The standard InChI is InChI=1S/C49H33N3S/c1-3-13-32(14-4-1)34-17-11-19-37(27-34)51-44-23-9-7-21-39(44)41-30-42-40-22-8-10-24-45(40)52(47(42)31-46(41)51)38-20-12-18-35(28-38)36-25-26-48-43(29-36)50-49(53-48)33-15-5-2-6-16-33/h1-31,49-50H. The first-order valence-electron chi connectivity index (χ1n) is 18.1. The maximum atomic E-state index is 3.77. The first kappa shape index (κ1) is 30.2. The van der Waals surface area contributed by atoms with Gasteiger partial charge in [-0.15, -0.1) is 0 Å². The average molecular weight is 696 g/mol. The summed E-state index contributed by atoms with van der Waals surface area (Å²) in [5.41, 5.74) is 14.4. The lowest BCUT2D eigenvalue weighted by atomic mass is 10.0. The molecule has 0 saturated heterocycles. The van der Waals surface area contributed by atoms with Gasteiger partial charge in [0.05, 0.1) is 22.1 Å². The average Bonchev–Trinajstić information content (AvgIpc) is 3.90. The van der Waals surface area contributed by atoms with E-state index in [-0.39, 0.29) is 5.37 Å². The summed E-state index contributed by atoms with van der Waals surface area (Å²) in [6.07, 6.45) is 0. The van der Waals surface area contributed by atoms with Gasteiger partial charge in [0.25, 0.3) is 0 Å². The van der Waals surface area contributed by atoms with Crippen molar-refractivity contribution >= 4 is 61.1 Å². The van der Waals surface area contributed by atoms with Gasteiger partial charge in [0.1, 0.15) is 5.37 Å². The van der Waals surface area contributed by atoms with Gasteiger partial charge in [-0.05, 0) is 88.5 Å². The molecule has 10 aromatic rings. The van der Waals surface area contributed by atoms with E-state index in [4.69, 9.17) is 0 Å². The Morgan fingerprint density at radius 3 is 1.55 bits per heavy atom. The highest BCUT2D eigenvalue weighted by Gasteiger charge is 2.24. The monoisotopic (exact) mass is 695 g/mol. The van der Waals surface area contributed by atoms with E-state index >= 15 is 0 Å². The van der Waals surface area contributed by atoms with Crippen LogP contribution in [0, 0.1) is 0 Å². The van der Waals surface area contributed by atoms with Crippen LogP contribution in [-0.4, -0.2) is 9.13 Å². The molecule has 250 valence electrons. The van der Waals surface area contributed by atoms with Crippen LogP contribution in [-0.2, 0) is 0 Å². The first-order chi connectivity index (χ1) is 26.3. The molecule has 1 N–H and O–H groups in total. The summed E-state index contributed by atoms with van der Waals surface area (Å²) < 4.78 is 4.89. The number of hydrogen-bond acceptors (Lipinski definition) is 2. The maximum absolute atomic E-state index is 3.77. The van der Waals surface area contributed by atoms with Gasteiger partial charge in [0.15, 0.2) is 0 Å². The molecule has 1 aliphatic heterocycles. The fraction of sp³-hybridized carbons (Fsp3) is 0.0204. The van der Waals surface area contributed by atoms with Crippen LogP contribution in [0.1, 0.15) is 10.9 Å². The Morgan fingerprint density at radius 1 is 0.377 bits per heavy atom. The number of nitrogens with zero attached hydrogens (tertiary/aromatic N) is 2. The zero-order valence-corrected chi connectivity index (χ0v) is 29.6. The van der Waals surface area contributed by atoms with E-state index in [0.717, 1.165) is 11.4 Å². The minimum absolute atomic E-state index is 0.221. The fourth-order valence-corrected chi connectivity index (χ4v) is 9.39. The number of nitrogens with one attached hydrogen (secondary N) is 1. The molecule has 3 heterocycles. The van der Waals surface area contributed by atoms with Crippen molar-refractivity contribution in [2.45, 2.75) is 10.3 Å². The zero-order valence-electron chi connectivity index (χ0n) is 28.8. The maximum Gasteiger partial charge on any atom is 0.103 e. The molecule has 1 atom stereocenters. The molecule has 2 aromatic heterocycles. The van der Waals surface area contributed by atoms with E-state index in [1.54, 1.807) is 0 Å². The van der Waals surface area contributed by atoms with Crippen LogP contribution in [0.25, 0.3) is 77.2 Å². The molecule has 0 aliphatic carbocycles. The van der Waals surface area contributed by atoms with Crippen molar-refractivity contribution in [1.82, 2.24) is 9.13 Å². The van der Waals surface area contributed by atoms with Crippen molar-refractivity contribution in [2.24, 2.45) is 0 Å². The number of benzene rings is 8. The number of anilines is 1. The van der Waals surface area contributed by atoms with Crippen molar-refractivity contribution in [3.63, 3.8) is 0 Å². The second-order valence-corrected chi connectivity index (χ2v) is 15.0. The first-order valence-corrected chi connectivity index (χ1v) is 19.0. The van der Waals surface area contributed by atoms with E-state index in [2.05, 4.69) is 203 Å². The molecule has 11 rings (SSSR count). The highest BCUT2D eigenvalue weighted by atomic mass is 32.2. The molecule has 0 spiro atoms. The van der Waals surface area contributed by atoms with Crippen molar-refractivity contribution in [3.05, 3.63) is 194 Å². The summed E-state index contributed by atoms with van der Waals surface area (Å²) in [5.74, 6) is 0. The van der Waals surface area contributed by atoms with Gasteiger partial charge >= 0.3 is 0 Å². The minimum atomic E-state index is 0.221. The Bertz CT molecular complexity index is 3010. The van der Waals surface area contributed by atoms with Gasteiger partial charge in [0, 0.05) is 43.5 Å². The van der Waals surface area contributed by atoms with Gasteiger partial charge in [-0.1, -0.05) is 139 Å². The van der Waals surface area contributed by atoms with Gasteiger partial charge in [-0.25, -0.2) is 0 Å². The molecule has 53 heavy (non-hydrogen) atoms. The van der Waals surface area contributed by atoms with Crippen LogP contribution in [0.3, 0.4) is 0 Å². The summed E-state index contributed by atoms with van der Waals surface area (Å²) in [6.45, 7) is 0. The molecule has 4 heteroatoms. The van der Waals surface area contributed by atoms with E-state index < -0.39 is 0 Å². The van der Waals surface area contributed by atoms with Gasteiger partial charge in [-0.2, -0.15) is 0 Å². The molecule has 3 nitrogen and oxygen atoms in total. The van der Waals surface area contributed by atoms with Gasteiger partial charge in [-0.3, -0.25) is 0 Å². The van der Waals surface area contributed by atoms with Crippen molar-refractivity contribution in [1.29, 1.82) is 0 Å². The molecule has 0 saturated carbocycles. The largest absolute Gasteiger partial charge is 0.368 e. The quantitative estimate of drug-likeness (QED) is 0.194. The van der Waals surface area contributed by atoms with Gasteiger partial charge < -0.3 is 14.5 Å². The predicted molar refractivity (Wildman–Crippen MR) is 225 cm³/mol. The van der Waals surface area contributed by atoms with E-state index in [1.807, 2.05) is 11.8 Å². The lowest BCUT2D eigenvalue weighted by Gasteiger charge is -2.13. The smallest absolute Gasteiger partial charge is 0.103 e. The predicted octanol–water partition coefficient (Wildman–Crippen LogP) is 13.4. The SMILES string of the molecule is c1ccc(-c2cccc(-n3c4ccccc4c4cc5c6ccccc6n(-c6cccc(-c7ccc8c(c7)NC(c7ccccc7)S8)c6)c5cc43)c2)cc1. The Morgan fingerprint density at radius 2 is 0.906 bits per heavy atom. The molecule has 8 aromatic carbocycles. The number of thioether (sulfide) groups is 1. The molecular formula is C49H33N3S. The van der Waals surface area contributed by atoms with E-state index in [9.17, 15) is 0 Å². The summed E-state index contributed by atoms with van der Waals surface area (Å²) in [4.78, 5) is 1.29. The molecule has 0 fully saturated rings. The third kappa shape index (κ3) is 4.91. The molecule has 0 amide bonds. The van der Waals surface area contributed by atoms with Crippen molar-refractivity contribution in [3.8, 4) is 33.6 Å².